The molecule has 0 radical (unpaired) electrons. The van der Waals surface area contributed by atoms with Crippen molar-refractivity contribution >= 4 is 27.5 Å². The number of halogens is 1. The summed E-state index contributed by atoms with van der Waals surface area (Å²) in [5, 5.41) is 11.6. The van der Waals surface area contributed by atoms with Gasteiger partial charge in [0, 0.05) is 18.1 Å². The van der Waals surface area contributed by atoms with Crippen LogP contribution in [0.4, 0.5) is 0 Å². The van der Waals surface area contributed by atoms with Crippen molar-refractivity contribution in [3.05, 3.63) is 59.1 Å². The molecule has 0 aliphatic carbocycles. The minimum Gasteiger partial charge on any atom is -0.484 e. The highest BCUT2D eigenvalue weighted by Gasteiger charge is 2.13. The van der Waals surface area contributed by atoms with Gasteiger partial charge in [0.2, 0.25) is 10.0 Å². The molecule has 0 spiro atoms. The fourth-order valence-corrected chi connectivity index (χ4v) is 3.37. The number of amides is 1. The average Bonchev–Trinajstić information content (AvgIpc) is 2.65. The van der Waals surface area contributed by atoms with Gasteiger partial charge in [0.05, 0.1) is 11.5 Å². The maximum absolute atomic E-state index is 12.2. The van der Waals surface area contributed by atoms with Gasteiger partial charge in [-0.1, -0.05) is 23.7 Å². The monoisotopic (exact) mass is 412 g/mol. The van der Waals surface area contributed by atoms with E-state index in [0.717, 1.165) is 5.56 Å². The Hall–Kier alpha value is -2.13. The zero-order valence-corrected chi connectivity index (χ0v) is 16.1. The van der Waals surface area contributed by atoms with Crippen LogP contribution in [-0.2, 0) is 21.2 Å². The van der Waals surface area contributed by atoms with Crippen molar-refractivity contribution in [1.29, 1.82) is 0 Å². The van der Waals surface area contributed by atoms with Gasteiger partial charge in [0.15, 0.2) is 6.61 Å². The van der Waals surface area contributed by atoms with E-state index in [2.05, 4.69) is 10.0 Å². The van der Waals surface area contributed by atoms with E-state index in [-0.39, 0.29) is 37.1 Å². The third-order valence-corrected chi connectivity index (χ3v) is 5.26. The maximum Gasteiger partial charge on any atom is 0.258 e. The van der Waals surface area contributed by atoms with Gasteiger partial charge >= 0.3 is 0 Å². The standard InChI is InChI=1S/C18H21ClN2O5S/c19-15-4-6-17(7-5-15)27(24,25)21-9-8-14-2-1-3-16(12-14)26-13-18(23)20-10-11-22/h1-7,12,21-22H,8-11,13H2,(H,20,23). The van der Waals surface area contributed by atoms with Gasteiger partial charge in [-0.2, -0.15) is 0 Å². The average molecular weight is 413 g/mol. The molecule has 0 aliphatic heterocycles. The molecule has 1 amide bonds. The van der Waals surface area contributed by atoms with E-state index in [1.807, 2.05) is 6.07 Å². The second kappa shape index (κ2) is 10.3. The number of carbonyl (C=O) groups excluding carboxylic acids is 1. The second-order valence-electron chi connectivity index (χ2n) is 5.61. The highest BCUT2D eigenvalue weighted by Crippen LogP contribution is 2.15. The number of ether oxygens (including phenoxy) is 1. The zero-order chi connectivity index (χ0) is 19.7. The number of hydrogen-bond donors (Lipinski definition) is 3. The van der Waals surface area contributed by atoms with Gasteiger partial charge in [-0.15, -0.1) is 0 Å². The molecule has 9 heteroatoms. The molecular formula is C18H21ClN2O5S. The summed E-state index contributed by atoms with van der Waals surface area (Å²) in [6, 6.07) is 13.0. The van der Waals surface area contributed by atoms with E-state index in [4.69, 9.17) is 21.4 Å². The summed E-state index contributed by atoms with van der Waals surface area (Å²) in [4.78, 5) is 11.6. The molecule has 3 N–H and O–H groups in total. The van der Waals surface area contributed by atoms with E-state index in [0.29, 0.717) is 17.2 Å². The van der Waals surface area contributed by atoms with Crippen molar-refractivity contribution in [3.8, 4) is 5.75 Å². The highest BCUT2D eigenvalue weighted by atomic mass is 35.5. The Balaban J connectivity index is 1.85. The van der Waals surface area contributed by atoms with Crippen molar-refractivity contribution in [3.63, 3.8) is 0 Å². The van der Waals surface area contributed by atoms with Gasteiger partial charge in [-0.25, -0.2) is 13.1 Å². The van der Waals surface area contributed by atoms with E-state index in [1.54, 1.807) is 18.2 Å². The molecule has 27 heavy (non-hydrogen) atoms. The van der Waals surface area contributed by atoms with Crippen LogP contribution in [0.15, 0.2) is 53.4 Å². The van der Waals surface area contributed by atoms with Gasteiger partial charge < -0.3 is 15.2 Å². The molecule has 0 unspecified atom stereocenters. The van der Waals surface area contributed by atoms with Crippen LogP contribution in [0.25, 0.3) is 0 Å². The Morgan fingerprint density at radius 3 is 2.56 bits per heavy atom. The Kier molecular flexibility index (Phi) is 8.05. The third kappa shape index (κ3) is 7.18. The number of carbonyl (C=O) groups is 1. The fourth-order valence-electron chi connectivity index (χ4n) is 2.21. The molecule has 0 aromatic heterocycles. The lowest BCUT2D eigenvalue weighted by Gasteiger charge is -2.09. The summed E-state index contributed by atoms with van der Waals surface area (Å²) in [6.07, 6.45) is 0.459. The molecule has 0 saturated heterocycles. The van der Waals surface area contributed by atoms with Crippen LogP contribution in [0.3, 0.4) is 0 Å². The topological polar surface area (TPSA) is 105 Å². The lowest BCUT2D eigenvalue weighted by Crippen LogP contribution is -2.31. The quantitative estimate of drug-likeness (QED) is 0.546. The van der Waals surface area contributed by atoms with E-state index < -0.39 is 10.0 Å². The number of rotatable bonds is 10. The Morgan fingerprint density at radius 2 is 1.85 bits per heavy atom. The van der Waals surface area contributed by atoms with Crippen molar-refractivity contribution in [2.24, 2.45) is 0 Å². The third-order valence-electron chi connectivity index (χ3n) is 3.53. The van der Waals surface area contributed by atoms with Gasteiger partial charge in [0.1, 0.15) is 5.75 Å². The van der Waals surface area contributed by atoms with Crippen LogP contribution < -0.4 is 14.8 Å². The van der Waals surface area contributed by atoms with Gasteiger partial charge in [-0.05, 0) is 48.4 Å². The predicted octanol–water partition coefficient (Wildman–Crippen LogP) is 1.35. The minimum absolute atomic E-state index is 0.132. The second-order valence-corrected chi connectivity index (χ2v) is 7.81. The summed E-state index contributed by atoms with van der Waals surface area (Å²) in [6.45, 7) is 0.0984. The van der Waals surface area contributed by atoms with Crippen LogP contribution >= 0.6 is 11.6 Å². The Morgan fingerprint density at radius 1 is 1.11 bits per heavy atom. The normalized spacial score (nSPS) is 11.2. The molecule has 2 rings (SSSR count). The first-order chi connectivity index (χ1) is 12.9. The first-order valence-electron chi connectivity index (χ1n) is 8.25. The van der Waals surface area contributed by atoms with Gasteiger partial charge in [-0.3, -0.25) is 4.79 Å². The number of nitrogens with one attached hydrogen (secondary N) is 2. The first kappa shape index (κ1) is 21.2. The van der Waals surface area contributed by atoms with Crippen LogP contribution in [-0.4, -0.2) is 45.7 Å². The van der Waals surface area contributed by atoms with Crippen LogP contribution in [0.5, 0.6) is 5.75 Å². The van der Waals surface area contributed by atoms with E-state index in [9.17, 15) is 13.2 Å². The number of aliphatic hydroxyl groups excluding tert-OH is 1. The molecule has 0 bridgehead atoms. The summed E-state index contributed by atoms with van der Waals surface area (Å²) in [5.41, 5.74) is 0.863. The Labute approximate surface area is 163 Å². The summed E-state index contributed by atoms with van der Waals surface area (Å²) < 4.78 is 32.4. The smallest absolute Gasteiger partial charge is 0.258 e. The van der Waals surface area contributed by atoms with E-state index in [1.165, 1.54) is 24.3 Å². The Bertz CT molecular complexity index is 856. The molecular weight excluding hydrogens is 392 g/mol. The molecule has 2 aromatic carbocycles. The van der Waals surface area contributed by atoms with Crippen molar-refractivity contribution < 1.29 is 23.1 Å². The number of aliphatic hydroxyl groups is 1. The molecule has 146 valence electrons. The lowest BCUT2D eigenvalue weighted by atomic mass is 10.1. The predicted molar refractivity (Wildman–Crippen MR) is 102 cm³/mol. The largest absolute Gasteiger partial charge is 0.484 e. The van der Waals surface area contributed by atoms with Crippen molar-refractivity contribution in [1.82, 2.24) is 10.0 Å². The molecule has 0 saturated carbocycles. The minimum atomic E-state index is -3.60. The number of sulfonamides is 1. The highest BCUT2D eigenvalue weighted by molar-refractivity contribution is 7.89. The van der Waals surface area contributed by atoms with Crippen LogP contribution in [0.2, 0.25) is 5.02 Å². The summed E-state index contributed by atoms with van der Waals surface area (Å²) >= 11 is 5.77. The SMILES string of the molecule is O=C(COc1cccc(CCNS(=O)(=O)c2ccc(Cl)cc2)c1)NCCO. The van der Waals surface area contributed by atoms with Crippen LogP contribution in [0.1, 0.15) is 5.56 Å². The van der Waals surface area contributed by atoms with E-state index >= 15 is 0 Å². The first-order valence-corrected chi connectivity index (χ1v) is 10.1. The van der Waals surface area contributed by atoms with Gasteiger partial charge in [0.25, 0.3) is 5.91 Å². The molecule has 0 heterocycles. The molecule has 7 nitrogen and oxygen atoms in total. The maximum atomic E-state index is 12.2. The lowest BCUT2D eigenvalue weighted by molar-refractivity contribution is -0.123. The molecule has 0 atom stereocenters. The fraction of sp³-hybridized carbons (Fsp3) is 0.278. The number of hydrogen-bond acceptors (Lipinski definition) is 5. The number of benzene rings is 2. The van der Waals surface area contributed by atoms with Crippen molar-refractivity contribution in [2.75, 3.05) is 26.3 Å². The molecule has 0 aliphatic rings. The molecule has 2 aromatic rings. The van der Waals surface area contributed by atoms with Crippen LogP contribution in [0, 0.1) is 0 Å². The summed E-state index contributed by atoms with van der Waals surface area (Å²) in [5.74, 6) is 0.178. The zero-order valence-electron chi connectivity index (χ0n) is 14.5. The molecule has 0 fully saturated rings. The summed E-state index contributed by atoms with van der Waals surface area (Å²) in [7, 11) is -3.60. The van der Waals surface area contributed by atoms with Crippen molar-refractivity contribution in [2.45, 2.75) is 11.3 Å².